The second-order valence-electron chi connectivity index (χ2n) is 8.81. The van der Waals surface area contributed by atoms with Crippen molar-refractivity contribution in [1.29, 1.82) is 0 Å². The molecule has 1 aromatic heterocycles. The molecule has 3 fully saturated rings. The van der Waals surface area contributed by atoms with E-state index in [-0.39, 0.29) is 24.1 Å². The van der Waals surface area contributed by atoms with Crippen LogP contribution in [0.4, 0.5) is 4.79 Å². The highest BCUT2D eigenvalue weighted by Crippen LogP contribution is 2.36. The zero-order chi connectivity index (χ0) is 21.4. The van der Waals surface area contributed by atoms with Crippen molar-refractivity contribution in [2.75, 3.05) is 39.4 Å². The van der Waals surface area contributed by atoms with Crippen LogP contribution in [0.25, 0.3) is 11.0 Å². The number of likely N-dealkylation sites (tertiary alicyclic amines) is 1. The minimum absolute atomic E-state index is 0.0239. The third kappa shape index (κ3) is 4.12. The van der Waals surface area contributed by atoms with Crippen LogP contribution in [0.15, 0.2) is 24.5 Å². The number of rotatable bonds is 4. The molecule has 3 amide bonds. The number of urea groups is 1. The van der Waals surface area contributed by atoms with Gasteiger partial charge in [-0.25, -0.2) is 9.78 Å². The number of amides is 3. The van der Waals surface area contributed by atoms with Gasteiger partial charge in [0.2, 0.25) is 0 Å². The number of ether oxygens (including phenoxy) is 1. The lowest BCUT2D eigenvalue weighted by atomic mass is 9.88. The summed E-state index contributed by atoms with van der Waals surface area (Å²) in [6, 6.07) is 5.70. The number of aliphatic hydroxyl groups is 1. The van der Waals surface area contributed by atoms with Crippen molar-refractivity contribution in [3.05, 3.63) is 30.1 Å². The van der Waals surface area contributed by atoms with Crippen LogP contribution in [0.2, 0.25) is 0 Å². The summed E-state index contributed by atoms with van der Waals surface area (Å²) < 4.78 is 7.26. The van der Waals surface area contributed by atoms with E-state index < -0.39 is 0 Å². The highest BCUT2D eigenvalue weighted by molar-refractivity contribution is 5.97. The summed E-state index contributed by atoms with van der Waals surface area (Å²) in [6.07, 6.45) is 3.93. The molecule has 2 aromatic rings. The third-order valence-corrected chi connectivity index (χ3v) is 6.71. The van der Waals surface area contributed by atoms with Crippen molar-refractivity contribution in [3.63, 3.8) is 0 Å². The Morgan fingerprint density at radius 3 is 2.87 bits per heavy atom. The number of nitrogens with zero attached hydrogens (tertiary/aromatic N) is 4. The lowest BCUT2D eigenvalue weighted by Gasteiger charge is -2.27. The molecular formula is C22H29N5O4. The fraction of sp³-hybridized carbons (Fsp3) is 0.591. The Balaban J connectivity index is 1.22. The van der Waals surface area contributed by atoms with Gasteiger partial charge in [0, 0.05) is 44.3 Å². The van der Waals surface area contributed by atoms with Crippen molar-refractivity contribution in [1.82, 2.24) is 24.7 Å². The monoisotopic (exact) mass is 427 g/mol. The molecule has 0 spiro atoms. The van der Waals surface area contributed by atoms with E-state index in [1.54, 1.807) is 11.2 Å². The van der Waals surface area contributed by atoms with Crippen LogP contribution in [-0.4, -0.2) is 87.9 Å². The summed E-state index contributed by atoms with van der Waals surface area (Å²) in [7, 11) is 0. The number of aliphatic hydroxyl groups excluding tert-OH is 1. The Kier molecular flexibility index (Phi) is 5.54. The van der Waals surface area contributed by atoms with E-state index in [1.807, 2.05) is 27.7 Å². The molecule has 1 saturated carbocycles. The number of benzene rings is 1. The quantitative estimate of drug-likeness (QED) is 0.760. The van der Waals surface area contributed by atoms with Crippen LogP contribution >= 0.6 is 0 Å². The normalized spacial score (nSPS) is 25.8. The van der Waals surface area contributed by atoms with Crippen LogP contribution in [0.5, 0.6) is 0 Å². The third-order valence-electron chi connectivity index (χ3n) is 6.71. The van der Waals surface area contributed by atoms with Crippen LogP contribution in [0.1, 0.15) is 29.6 Å². The maximum atomic E-state index is 13.1. The summed E-state index contributed by atoms with van der Waals surface area (Å²) in [6.45, 7) is 4.24. The average Bonchev–Trinajstić information content (AvgIpc) is 3.33. The maximum Gasteiger partial charge on any atom is 0.317 e. The summed E-state index contributed by atoms with van der Waals surface area (Å²) in [5, 5.41) is 12.9. The Labute approximate surface area is 181 Å². The highest BCUT2D eigenvalue weighted by Gasteiger charge is 2.41. The molecule has 31 heavy (non-hydrogen) atoms. The number of imidazole rings is 1. The Morgan fingerprint density at radius 2 is 2.03 bits per heavy atom. The minimum atomic E-state index is -0.288. The van der Waals surface area contributed by atoms with Crippen LogP contribution in [0, 0.1) is 5.92 Å². The van der Waals surface area contributed by atoms with E-state index in [2.05, 4.69) is 10.3 Å². The van der Waals surface area contributed by atoms with E-state index in [9.17, 15) is 14.7 Å². The number of morpholine rings is 1. The molecule has 9 nitrogen and oxygen atoms in total. The molecule has 2 bridgehead atoms. The highest BCUT2D eigenvalue weighted by atomic mass is 16.5. The fourth-order valence-electron chi connectivity index (χ4n) is 5.15. The van der Waals surface area contributed by atoms with Gasteiger partial charge in [-0.3, -0.25) is 4.79 Å². The second-order valence-corrected chi connectivity index (χ2v) is 8.81. The SMILES string of the molecule is O=C(NCCn1cnc2cc(C(=O)N3CC4CC3C[C@H](O)C4)ccc21)N1CCOCC1. The molecule has 1 aromatic carbocycles. The van der Waals surface area contributed by atoms with Gasteiger partial charge in [0.05, 0.1) is 36.7 Å². The first-order valence-electron chi connectivity index (χ1n) is 11.1. The summed E-state index contributed by atoms with van der Waals surface area (Å²) in [4.78, 5) is 33.5. The van der Waals surface area contributed by atoms with Crippen molar-refractivity contribution in [2.24, 2.45) is 5.92 Å². The zero-order valence-electron chi connectivity index (χ0n) is 17.6. The van der Waals surface area contributed by atoms with E-state index in [4.69, 9.17) is 4.74 Å². The topological polar surface area (TPSA) is 99.9 Å². The Hall–Kier alpha value is -2.65. The predicted molar refractivity (Wildman–Crippen MR) is 114 cm³/mol. The molecule has 9 heteroatoms. The molecular weight excluding hydrogens is 398 g/mol. The van der Waals surface area contributed by atoms with E-state index in [0.717, 1.165) is 30.4 Å². The molecule has 3 heterocycles. The molecule has 3 atom stereocenters. The molecule has 2 unspecified atom stereocenters. The van der Waals surface area contributed by atoms with Crippen molar-refractivity contribution in [3.8, 4) is 0 Å². The molecule has 2 saturated heterocycles. The van der Waals surface area contributed by atoms with Crippen molar-refractivity contribution < 1.29 is 19.4 Å². The fourth-order valence-corrected chi connectivity index (χ4v) is 5.15. The molecule has 1 aliphatic carbocycles. The first-order valence-corrected chi connectivity index (χ1v) is 11.1. The molecule has 3 aliphatic rings. The van der Waals surface area contributed by atoms with Crippen LogP contribution < -0.4 is 5.32 Å². The largest absolute Gasteiger partial charge is 0.393 e. The van der Waals surface area contributed by atoms with Gasteiger partial charge in [-0.05, 0) is 43.4 Å². The number of carbonyl (C=O) groups excluding carboxylic acids is 2. The Morgan fingerprint density at radius 1 is 1.19 bits per heavy atom. The first kappa shape index (κ1) is 20.3. The van der Waals surface area contributed by atoms with Gasteiger partial charge in [0.1, 0.15) is 0 Å². The van der Waals surface area contributed by atoms with Crippen molar-refractivity contribution >= 4 is 23.0 Å². The zero-order valence-corrected chi connectivity index (χ0v) is 17.6. The first-order chi connectivity index (χ1) is 15.1. The summed E-state index contributed by atoms with van der Waals surface area (Å²) in [5.74, 6) is 0.434. The molecule has 5 rings (SSSR count). The number of aromatic nitrogens is 2. The molecule has 166 valence electrons. The lowest BCUT2D eigenvalue weighted by molar-refractivity contribution is 0.0532. The van der Waals surface area contributed by atoms with Gasteiger partial charge in [-0.2, -0.15) is 0 Å². The number of fused-ring (bicyclic) bond motifs is 3. The van der Waals surface area contributed by atoms with Gasteiger partial charge in [0.15, 0.2) is 0 Å². The van der Waals surface area contributed by atoms with E-state index >= 15 is 0 Å². The van der Waals surface area contributed by atoms with E-state index in [1.165, 1.54) is 0 Å². The van der Waals surface area contributed by atoms with Crippen molar-refractivity contribution in [2.45, 2.75) is 38.0 Å². The van der Waals surface area contributed by atoms with Crippen LogP contribution in [-0.2, 0) is 11.3 Å². The number of carbonyl (C=O) groups is 2. The minimum Gasteiger partial charge on any atom is -0.393 e. The molecule has 0 radical (unpaired) electrons. The van der Waals surface area contributed by atoms with Crippen LogP contribution in [0.3, 0.4) is 0 Å². The lowest BCUT2D eigenvalue weighted by Crippen LogP contribution is -2.46. The van der Waals surface area contributed by atoms with Gasteiger partial charge in [-0.15, -0.1) is 0 Å². The average molecular weight is 428 g/mol. The van der Waals surface area contributed by atoms with Gasteiger partial charge < -0.3 is 29.5 Å². The summed E-state index contributed by atoms with van der Waals surface area (Å²) >= 11 is 0. The van der Waals surface area contributed by atoms with Gasteiger partial charge >= 0.3 is 6.03 Å². The molecule has 2 N–H and O–H groups in total. The maximum absolute atomic E-state index is 13.1. The van der Waals surface area contributed by atoms with Gasteiger partial charge in [-0.1, -0.05) is 0 Å². The standard InChI is InChI=1S/C22H29N5O4/c28-18-10-15-9-17(12-18)27(13-15)21(29)16-1-2-20-19(11-16)24-14-26(20)4-3-23-22(30)25-5-7-31-8-6-25/h1-2,11,14-15,17-18,28H,3-10,12-13H2,(H,23,30)/t15?,17?,18-/m1/s1. The number of nitrogens with one attached hydrogen (secondary N) is 1. The smallest absolute Gasteiger partial charge is 0.317 e. The number of hydrogen-bond acceptors (Lipinski definition) is 5. The number of hydrogen-bond donors (Lipinski definition) is 2. The Bertz CT molecular complexity index is 970. The second kappa shape index (κ2) is 8.47. The van der Waals surface area contributed by atoms with Gasteiger partial charge in [0.25, 0.3) is 5.91 Å². The molecule has 2 aliphatic heterocycles. The van der Waals surface area contributed by atoms with E-state index in [0.29, 0.717) is 57.3 Å². The predicted octanol–water partition coefficient (Wildman–Crippen LogP) is 1.06. The summed E-state index contributed by atoms with van der Waals surface area (Å²) in [5.41, 5.74) is 2.35.